The van der Waals surface area contributed by atoms with Crippen molar-refractivity contribution >= 4 is 45.5 Å². The van der Waals surface area contributed by atoms with Crippen molar-refractivity contribution < 1.29 is 38.1 Å². The third-order valence-corrected chi connectivity index (χ3v) is 5.13. The molecule has 0 aliphatic carbocycles. The Morgan fingerprint density at radius 2 is 0.964 bits per heavy atom. The van der Waals surface area contributed by atoms with Gasteiger partial charge in [0.2, 0.25) is 0 Å². The predicted octanol–water partition coefficient (Wildman–Crippen LogP) is 2.47. The first kappa shape index (κ1) is 26.1. The second-order valence-electron chi connectivity index (χ2n) is 5.42. The lowest BCUT2D eigenvalue weighted by atomic mass is 10.4. The molecule has 10 heteroatoms. The molecule has 0 aromatic heterocycles. The van der Waals surface area contributed by atoms with Crippen LogP contribution in [-0.2, 0) is 38.1 Å². The van der Waals surface area contributed by atoms with Crippen LogP contribution >= 0.6 is 21.6 Å². The highest BCUT2D eigenvalue weighted by atomic mass is 33.1. The molecular formula is C18H26O8S2. The number of ether oxygens (including phenoxy) is 4. The number of carbonyl (C=O) groups excluding carboxylic acids is 4. The van der Waals surface area contributed by atoms with Crippen molar-refractivity contribution in [3.63, 3.8) is 0 Å². The molecule has 0 saturated heterocycles. The first-order chi connectivity index (χ1) is 13.2. The summed E-state index contributed by atoms with van der Waals surface area (Å²) in [7, 11) is 2.88. The summed E-state index contributed by atoms with van der Waals surface area (Å²) in [6.45, 7) is 9.94. The number of hydrogen-bond acceptors (Lipinski definition) is 10. The summed E-state index contributed by atoms with van der Waals surface area (Å²) < 4.78 is 19.4. The lowest BCUT2D eigenvalue weighted by molar-refractivity contribution is -0.149. The number of rotatable bonds is 15. The van der Waals surface area contributed by atoms with Gasteiger partial charge in [-0.05, 0) is 13.8 Å². The standard InChI is InChI=1S/C18H26O8S2/c1-13(2)17(21)25-9-7-23-15(19)5-11-27-28-12-6-16(20)24-8-10-26-18(22)14(3)4/h1,3,5-12H2,2,4H3. The summed E-state index contributed by atoms with van der Waals surface area (Å²) in [5.74, 6) is -0.753. The van der Waals surface area contributed by atoms with Crippen molar-refractivity contribution in [3.8, 4) is 0 Å². The van der Waals surface area contributed by atoms with E-state index in [4.69, 9.17) is 18.9 Å². The van der Waals surface area contributed by atoms with Gasteiger partial charge < -0.3 is 18.9 Å². The molecule has 0 saturated carbocycles. The molecule has 0 spiro atoms. The van der Waals surface area contributed by atoms with Crippen LogP contribution in [0.15, 0.2) is 24.3 Å². The summed E-state index contributed by atoms with van der Waals surface area (Å²) in [5, 5.41) is 0. The van der Waals surface area contributed by atoms with Crippen LogP contribution in [0.2, 0.25) is 0 Å². The van der Waals surface area contributed by atoms with Crippen molar-refractivity contribution in [1.82, 2.24) is 0 Å². The van der Waals surface area contributed by atoms with Crippen LogP contribution in [0.5, 0.6) is 0 Å². The maximum absolute atomic E-state index is 11.5. The second kappa shape index (κ2) is 16.1. The Bertz CT molecular complexity index is 524. The third kappa shape index (κ3) is 15.2. The summed E-state index contributed by atoms with van der Waals surface area (Å²) >= 11 is 0. The molecular weight excluding hydrogens is 408 g/mol. The zero-order chi connectivity index (χ0) is 21.4. The van der Waals surface area contributed by atoms with Crippen LogP contribution in [0.1, 0.15) is 26.7 Å². The van der Waals surface area contributed by atoms with Gasteiger partial charge in [0.25, 0.3) is 0 Å². The number of carbonyl (C=O) groups is 4. The molecule has 0 aliphatic rings. The molecule has 0 amide bonds. The van der Waals surface area contributed by atoms with E-state index in [0.29, 0.717) is 11.5 Å². The van der Waals surface area contributed by atoms with Gasteiger partial charge in [0, 0.05) is 22.7 Å². The molecule has 0 fully saturated rings. The van der Waals surface area contributed by atoms with Crippen molar-refractivity contribution in [2.45, 2.75) is 26.7 Å². The molecule has 0 aliphatic heterocycles. The lowest BCUT2D eigenvalue weighted by Gasteiger charge is -2.07. The summed E-state index contributed by atoms with van der Waals surface area (Å²) in [6, 6.07) is 0. The van der Waals surface area contributed by atoms with E-state index in [1.165, 1.54) is 35.4 Å². The molecule has 28 heavy (non-hydrogen) atoms. The van der Waals surface area contributed by atoms with Gasteiger partial charge in [-0.3, -0.25) is 9.59 Å². The molecule has 0 aromatic rings. The SMILES string of the molecule is C=C(C)C(=O)OCCOC(=O)CCSSCCC(=O)OCCOC(=O)C(=C)C. The van der Waals surface area contributed by atoms with Crippen LogP contribution in [0.3, 0.4) is 0 Å². The highest BCUT2D eigenvalue weighted by Crippen LogP contribution is 2.22. The fourth-order valence-corrected chi connectivity index (χ4v) is 3.28. The fraction of sp³-hybridized carbons (Fsp3) is 0.556. The first-order valence-corrected chi connectivity index (χ1v) is 10.9. The fourth-order valence-electron chi connectivity index (χ4n) is 1.34. The smallest absolute Gasteiger partial charge is 0.333 e. The molecule has 0 rings (SSSR count). The van der Waals surface area contributed by atoms with Crippen LogP contribution in [0.25, 0.3) is 0 Å². The number of esters is 4. The van der Waals surface area contributed by atoms with Gasteiger partial charge >= 0.3 is 23.9 Å². The summed E-state index contributed by atoms with van der Waals surface area (Å²) in [5.41, 5.74) is 0.574. The zero-order valence-corrected chi connectivity index (χ0v) is 17.8. The van der Waals surface area contributed by atoms with Crippen molar-refractivity contribution in [3.05, 3.63) is 24.3 Å². The Morgan fingerprint density at radius 1 is 0.643 bits per heavy atom. The average molecular weight is 435 g/mol. The van der Waals surface area contributed by atoms with Gasteiger partial charge in [-0.25, -0.2) is 9.59 Å². The van der Waals surface area contributed by atoms with Crippen molar-refractivity contribution in [1.29, 1.82) is 0 Å². The molecule has 0 atom stereocenters. The molecule has 8 nitrogen and oxygen atoms in total. The van der Waals surface area contributed by atoms with E-state index < -0.39 is 11.9 Å². The Morgan fingerprint density at radius 3 is 1.29 bits per heavy atom. The monoisotopic (exact) mass is 434 g/mol. The highest BCUT2D eigenvalue weighted by Gasteiger charge is 2.08. The lowest BCUT2D eigenvalue weighted by Crippen LogP contribution is -2.14. The summed E-state index contributed by atoms with van der Waals surface area (Å²) in [4.78, 5) is 45.2. The van der Waals surface area contributed by atoms with Crippen LogP contribution in [0.4, 0.5) is 0 Å². The molecule has 158 valence electrons. The highest BCUT2D eigenvalue weighted by molar-refractivity contribution is 8.76. The predicted molar refractivity (Wildman–Crippen MR) is 108 cm³/mol. The minimum absolute atomic E-state index is 0.00316. The summed E-state index contributed by atoms with van der Waals surface area (Å²) in [6.07, 6.45) is 0.426. The Kier molecular flexibility index (Phi) is 14.9. The van der Waals surface area contributed by atoms with Crippen molar-refractivity contribution in [2.24, 2.45) is 0 Å². The zero-order valence-electron chi connectivity index (χ0n) is 16.2. The molecule has 0 bridgehead atoms. The Labute approximate surface area is 172 Å². The van der Waals surface area contributed by atoms with Crippen LogP contribution in [0, 0.1) is 0 Å². The second-order valence-corrected chi connectivity index (χ2v) is 8.12. The first-order valence-electron chi connectivity index (χ1n) is 8.45. The normalized spacial score (nSPS) is 9.93. The van der Waals surface area contributed by atoms with E-state index >= 15 is 0 Å². The molecule has 0 radical (unpaired) electrons. The minimum atomic E-state index is -0.519. The Balaban J connectivity index is 3.50. The van der Waals surface area contributed by atoms with E-state index in [1.54, 1.807) is 0 Å². The molecule has 0 N–H and O–H groups in total. The largest absolute Gasteiger partial charge is 0.462 e. The van der Waals surface area contributed by atoms with E-state index in [-0.39, 0.29) is 62.4 Å². The number of hydrogen-bond donors (Lipinski definition) is 0. The molecule has 0 aromatic carbocycles. The Hall–Kier alpha value is -1.94. The topological polar surface area (TPSA) is 105 Å². The van der Waals surface area contributed by atoms with Gasteiger partial charge in [0.05, 0.1) is 12.8 Å². The van der Waals surface area contributed by atoms with Gasteiger partial charge in [-0.1, -0.05) is 34.7 Å². The molecule has 0 heterocycles. The third-order valence-electron chi connectivity index (χ3n) is 2.72. The van der Waals surface area contributed by atoms with Gasteiger partial charge in [0.1, 0.15) is 26.4 Å². The van der Waals surface area contributed by atoms with E-state index in [1.807, 2.05) is 0 Å². The van der Waals surface area contributed by atoms with Gasteiger partial charge in [-0.15, -0.1) is 0 Å². The maximum Gasteiger partial charge on any atom is 0.333 e. The minimum Gasteiger partial charge on any atom is -0.462 e. The van der Waals surface area contributed by atoms with Crippen LogP contribution in [-0.4, -0.2) is 61.8 Å². The quantitative estimate of drug-likeness (QED) is 0.125. The van der Waals surface area contributed by atoms with E-state index in [0.717, 1.165) is 0 Å². The average Bonchev–Trinajstić information content (AvgIpc) is 2.64. The van der Waals surface area contributed by atoms with E-state index in [2.05, 4.69) is 13.2 Å². The van der Waals surface area contributed by atoms with E-state index in [9.17, 15) is 19.2 Å². The van der Waals surface area contributed by atoms with Crippen molar-refractivity contribution in [2.75, 3.05) is 37.9 Å². The van der Waals surface area contributed by atoms with Gasteiger partial charge in [0.15, 0.2) is 0 Å². The maximum atomic E-state index is 11.5. The van der Waals surface area contributed by atoms with Gasteiger partial charge in [-0.2, -0.15) is 0 Å². The molecule has 0 unspecified atom stereocenters. The van der Waals surface area contributed by atoms with Crippen LogP contribution < -0.4 is 0 Å².